The van der Waals surface area contributed by atoms with Crippen molar-refractivity contribution in [2.45, 2.75) is 29.7 Å². The van der Waals surface area contributed by atoms with Crippen LogP contribution in [-0.4, -0.2) is 13.7 Å². The molecule has 0 aliphatic heterocycles. The zero-order valence-corrected chi connectivity index (χ0v) is 13.9. The topological polar surface area (TPSA) is 21.3 Å². The number of rotatable bonds is 7. The van der Waals surface area contributed by atoms with Crippen molar-refractivity contribution in [3.63, 3.8) is 0 Å². The largest absolute Gasteiger partial charge is 0.496 e. The van der Waals surface area contributed by atoms with Gasteiger partial charge in [-0.2, -0.15) is 0 Å². The highest BCUT2D eigenvalue weighted by Gasteiger charge is 2.08. The van der Waals surface area contributed by atoms with E-state index in [1.807, 2.05) is 30.3 Å². The van der Waals surface area contributed by atoms with Crippen molar-refractivity contribution in [3.8, 4) is 5.75 Å². The molecule has 0 radical (unpaired) electrons. The monoisotopic (exact) mass is 321 g/mol. The molecule has 2 aromatic carbocycles. The molecule has 0 aromatic heterocycles. The number of hydrogen-bond donors (Lipinski definition) is 1. The van der Waals surface area contributed by atoms with E-state index in [-0.39, 0.29) is 0 Å². The van der Waals surface area contributed by atoms with Crippen molar-refractivity contribution < 1.29 is 4.74 Å². The molecule has 0 unspecified atom stereocenters. The van der Waals surface area contributed by atoms with Gasteiger partial charge in [-0.05, 0) is 42.8 Å². The summed E-state index contributed by atoms with van der Waals surface area (Å²) in [5.74, 6) is 0.868. The van der Waals surface area contributed by atoms with Gasteiger partial charge in [0.15, 0.2) is 0 Å². The standard InChI is InChI=1S/C17H20ClNOS/c1-3-10-19-12-13-8-9-16(14(18)11-13)21-17-7-5-4-6-15(17)20-2/h4-9,11,19H,3,10,12H2,1-2H3. The summed E-state index contributed by atoms with van der Waals surface area (Å²) in [5, 5.41) is 4.16. The van der Waals surface area contributed by atoms with E-state index in [1.54, 1.807) is 18.9 Å². The molecular formula is C17H20ClNOS. The fourth-order valence-corrected chi connectivity index (χ4v) is 3.22. The van der Waals surface area contributed by atoms with Gasteiger partial charge in [-0.15, -0.1) is 0 Å². The molecule has 2 nitrogen and oxygen atoms in total. The molecule has 0 aliphatic rings. The van der Waals surface area contributed by atoms with Crippen molar-refractivity contribution >= 4 is 23.4 Å². The third kappa shape index (κ3) is 4.67. The normalized spacial score (nSPS) is 10.6. The minimum absolute atomic E-state index is 0.779. The fraction of sp³-hybridized carbons (Fsp3) is 0.294. The molecular weight excluding hydrogens is 302 g/mol. The molecule has 0 fully saturated rings. The molecule has 21 heavy (non-hydrogen) atoms. The van der Waals surface area contributed by atoms with E-state index in [9.17, 15) is 0 Å². The van der Waals surface area contributed by atoms with Crippen LogP contribution in [0, 0.1) is 0 Å². The van der Waals surface area contributed by atoms with Gasteiger partial charge in [-0.3, -0.25) is 0 Å². The Hall–Kier alpha value is -1.16. The molecule has 112 valence electrons. The molecule has 2 aromatic rings. The molecule has 0 bridgehead atoms. The average molecular weight is 322 g/mol. The maximum absolute atomic E-state index is 6.40. The van der Waals surface area contributed by atoms with Crippen LogP contribution in [0.15, 0.2) is 52.3 Å². The lowest BCUT2D eigenvalue weighted by atomic mass is 10.2. The number of para-hydroxylation sites is 1. The number of methoxy groups -OCH3 is 1. The first kappa shape index (κ1) is 16.2. The van der Waals surface area contributed by atoms with E-state index in [2.05, 4.69) is 24.4 Å². The molecule has 4 heteroatoms. The lowest BCUT2D eigenvalue weighted by Crippen LogP contribution is -2.13. The first-order valence-electron chi connectivity index (χ1n) is 7.04. The summed E-state index contributed by atoms with van der Waals surface area (Å²) < 4.78 is 5.37. The maximum Gasteiger partial charge on any atom is 0.132 e. The number of benzene rings is 2. The van der Waals surface area contributed by atoms with Crippen molar-refractivity contribution in [1.82, 2.24) is 5.32 Å². The predicted octanol–water partition coefficient (Wildman–Crippen LogP) is 5.00. The number of hydrogen-bond acceptors (Lipinski definition) is 3. The van der Waals surface area contributed by atoms with E-state index in [1.165, 1.54) is 5.56 Å². The van der Waals surface area contributed by atoms with Crippen LogP contribution in [-0.2, 0) is 6.54 Å². The molecule has 0 amide bonds. The summed E-state index contributed by atoms with van der Waals surface area (Å²) >= 11 is 8.02. The molecule has 0 atom stereocenters. The van der Waals surface area contributed by atoms with Gasteiger partial charge in [0.05, 0.1) is 17.0 Å². The Labute approximate surface area is 135 Å². The molecule has 2 rings (SSSR count). The van der Waals surface area contributed by atoms with Gasteiger partial charge in [-0.25, -0.2) is 0 Å². The van der Waals surface area contributed by atoms with Crippen LogP contribution in [0.2, 0.25) is 5.02 Å². The Kier molecular flexibility index (Phi) is 6.43. The SMILES string of the molecule is CCCNCc1ccc(Sc2ccccc2OC)c(Cl)c1. The zero-order chi connectivity index (χ0) is 15.1. The Morgan fingerprint density at radius 3 is 2.67 bits per heavy atom. The third-order valence-electron chi connectivity index (χ3n) is 3.04. The van der Waals surface area contributed by atoms with E-state index in [0.717, 1.165) is 40.1 Å². The Balaban J connectivity index is 2.10. The summed E-state index contributed by atoms with van der Waals surface area (Å²) in [6, 6.07) is 14.2. The van der Waals surface area contributed by atoms with Crippen molar-refractivity contribution in [3.05, 3.63) is 53.1 Å². The molecule has 0 saturated heterocycles. The smallest absolute Gasteiger partial charge is 0.132 e. The van der Waals surface area contributed by atoms with Gasteiger partial charge in [0, 0.05) is 11.4 Å². The van der Waals surface area contributed by atoms with Gasteiger partial charge in [0.2, 0.25) is 0 Å². The first-order valence-corrected chi connectivity index (χ1v) is 8.24. The van der Waals surface area contributed by atoms with Crippen LogP contribution in [0.3, 0.4) is 0 Å². The lowest BCUT2D eigenvalue weighted by molar-refractivity contribution is 0.405. The van der Waals surface area contributed by atoms with E-state index in [0.29, 0.717) is 0 Å². The van der Waals surface area contributed by atoms with Gasteiger partial charge >= 0.3 is 0 Å². The Bertz CT molecular complexity index is 589. The Morgan fingerprint density at radius 2 is 1.95 bits per heavy atom. The minimum atomic E-state index is 0.779. The zero-order valence-electron chi connectivity index (χ0n) is 12.4. The van der Waals surface area contributed by atoms with Crippen molar-refractivity contribution in [1.29, 1.82) is 0 Å². The van der Waals surface area contributed by atoms with Crippen LogP contribution >= 0.6 is 23.4 Å². The van der Waals surface area contributed by atoms with Gasteiger partial charge < -0.3 is 10.1 Å². The fourth-order valence-electron chi connectivity index (χ4n) is 1.97. The number of halogens is 1. The summed E-state index contributed by atoms with van der Waals surface area (Å²) in [7, 11) is 1.68. The number of nitrogens with one attached hydrogen (secondary N) is 1. The minimum Gasteiger partial charge on any atom is -0.496 e. The summed E-state index contributed by atoms with van der Waals surface area (Å²) in [4.78, 5) is 2.11. The highest BCUT2D eigenvalue weighted by atomic mass is 35.5. The van der Waals surface area contributed by atoms with Crippen molar-refractivity contribution in [2.75, 3.05) is 13.7 Å². The predicted molar refractivity (Wildman–Crippen MR) is 90.6 cm³/mol. The highest BCUT2D eigenvalue weighted by molar-refractivity contribution is 7.99. The molecule has 0 spiro atoms. The van der Waals surface area contributed by atoms with E-state index < -0.39 is 0 Å². The summed E-state index contributed by atoms with van der Waals surface area (Å²) in [5.41, 5.74) is 1.21. The van der Waals surface area contributed by atoms with Gasteiger partial charge in [-0.1, -0.05) is 48.5 Å². The van der Waals surface area contributed by atoms with Crippen LogP contribution < -0.4 is 10.1 Å². The molecule has 0 saturated carbocycles. The van der Waals surface area contributed by atoms with E-state index in [4.69, 9.17) is 16.3 Å². The van der Waals surface area contributed by atoms with Gasteiger partial charge in [0.1, 0.15) is 5.75 Å². The van der Waals surface area contributed by atoms with Crippen LogP contribution in [0.5, 0.6) is 5.75 Å². The van der Waals surface area contributed by atoms with Crippen LogP contribution in [0.4, 0.5) is 0 Å². The number of ether oxygens (including phenoxy) is 1. The second kappa shape index (κ2) is 8.32. The van der Waals surface area contributed by atoms with E-state index >= 15 is 0 Å². The maximum atomic E-state index is 6.40. The molecule has 1 N–H and O–H groups in total. The lowest BCUT2D eigenvalue weighted by Gasteiger charge is -2.10. The Morgan fingerprint density at radius 1 is 1.14 bits per heavy atom. The molecule has 0 heterocycles. The second-order valence-electron chi connectivity index (χ2n) is 4.69. The molecule has 0 aliphatic carbocycles. The van der Waals surface area contributed by atoms with Crippen LogP contribution in [0.25, 0.3) is 0 Å². The van der Waals surface area contributed by atoms with Crippen LogP contribution in [0.1, 0.15) is 18.9 Å². The summed E-state index contributed by atoms with van der Waals surface area (Å²) in [6.07, 6.45) is 1.13. The first-order chi connectivity index (χ1) is 10.2. The highest BCUT2D eigenvalue weighted by Crippen LogP contribution is 2.38. The quantitative estimate of drug-likeness (QED) is 0.725. The van der Waals surface area contributed by atoms with Crippen molar-refractivity contribution in [2.24, 2.45) is 0 Å². The summed E-state index contributed by atoms with van der Waals surface area (Å²) in [6.45, 7) is 4.04. The van der Waals surface area contributed by atoms with Gasteiger partial charge in [0.25, 0.3) is 0 Å². The average Bonchev–Trinajstić information content (AvgIpc) is 2.50. The second-order valence-corrected chi connectivity index (χ2v) is 6.19. The third-order valence-corrected chi connectivity index (χ3v) is 4.60.